The summed E-state index contributed by atoms with van der Waals surface area (Å²) in [7, 11) is 0. The predicted octanol–water partition coefficient (Wildman–Crippen LogP) is 3.00. The van der Waals surface area contributed by atoms with E-state index in [-0.39, 0.29) is 38.1 Å². The zero-order valence-electron chi connectivity index (χ0n) is 11.3. The fraction of sp³-hybridized carbons (Fsp3) is 0.438. The molecule has 0 atom stereocenters. The molecule has 1 aromatic rings. The third-order valence-electron chi connectivity index (χ3n) is 4.20. The summed E-state index contributed by atoms with van der Waals surface area (Å²) in [6.07, 6.45) is 4.04. The van der Waals surface area contributed by atoms with Crippen molar-refractivity contribution < 1.29 is 37.5 Å². The van der Waals surface area contributed by atoms with Crippen LogP contribution >= 0.6 is 0 Å². The molecule has 0 N–H and O–H groups in total. The number of hydrogen-bond acceptors (Lipinski definition) is 1. The van der Waals surface area contributed by atoms with E-state index >= 15 is 0 Å². The third-order valence-corrected chi connectivity index (χ3v) is 4.20. The summed E-state index contributed by atoms with van der Waals surface area (Å²) in [6, 6.07) is 10.3. The molecular weight excluding hydrogens is 311 g/mol. The van der Waals surface area contributed by atoms with E-state index in [2.05, 4.69) is 19.1 Å². The van der Waals surface area contributed by atoms with Crippen LogP contribution in [-0.2, 0) is 44.0 Å². The summed E-state index contributed by atoms with van der Waals surface area (Å²) in [6.45, 7) is 5.53. The van der Waals surface area contributed by atoms with Crippen molar-refractivity contribution in [2.45, 2.75) is 32.2 Å². The molecular formula is C16H19NOY-2. The molecule has 1 saturated carbocycles. The maximum atomic E-state index is 12.5. The van der Waals surface area contributed by atoms with Gasteiger partial charge in [-0.2, -0.15) is 0 Å². The number of carbonyl (C=O) groups is 1. The summed E-state index contributed by atoms with van der Waals surface area (Å²) in [5.74, 6) is 1.79. The van der Waals surface area contributed by atoms with Gasteiger partial charge in [0, 0.05) is 39.3 Å². The van der Waals surface area contributed by atoms with Crippen molar-refractivity contribution >= 4 is 5.91 Å². The van der Waals surface area contributed by atoms with E-state index in [4.69, 9.17) is 0 Å². The number of nitrogens with zero attached hydrogens (tertiary/aromatic N) is 1. The molecule has 1 aliphatic heterocycles. The largest absolute Gasteiger partial charge is 0.370 e. The average Bonchev–Trinajstić information content (AvgIpc) is 3.15. The molecule has 1 heterocycles. The Morgan fingerprint density at radius 2 is 1.95 bits per heavy atom. The molecule has 19 heavy (non-hydrogen) atoms. The minimum Gasteiger partial charge on any atom is -0.370 e. The van der Waals surface area contributed by atoms with Crippen LogP contribution in [-0.4, -0.2) is 17.4 Å². The summed E-state index contributed by atoms with van der Waals surface area (Å²) < 4.78 is 0. The standard InChI is InChI=1S/C16H19NO.Y/c1-2-6-14-12-17(15(18)16(14)9-10-16)11-13-7-4-3-5-8-13;/h3-5,7-8H,1-2,6,9-12H2;/q-2;. The molecule has 2 aliphatic rings. The molecule has 1 aliphatic carbocycles. The van der Waals surface area contributed by atoms with Crippen LogP contribution in [0.15, 0.2) is 30.3 Å². The molecule has 1 spiro atoms. The van der Waals surface area contributed by atoms with Crippen molar-refractivity contribution in [3.63, 3.8) is 0 Å². The van der Waals surface area contributed by atoms with Crippen LogP contribution in [0.1, 0.15) is 31.2 Å². The van der Waals surface area contributed by atoms with Gasteiger partial charge in [0.15, 0.2) is 5.91 Å². The minimum atomic E-state index is -0.0630. The number of likely N-dealkylation sites (tertiary alicyclic amines) is 1. The molecule has 1 amide bonds. The van der Waals surface area contributed by atoms with Gasteiger partial charge in [0.1, 0.15) is 0 Å². The topological polar surface area (TPSA) is 20.3 Å². The van der Waals surface area contributed by atoms with Crippen molar-refractivity contribution in [1.29, 1.82) is 0 Å². The fourth-order valence-corrected chi connectivity index (χ4v) is 3.06. The second-order valence-corrected chi connectivity index (χ2v) is 5.44. The van der Waals surface area contributed by atoms with Crippen molar-refractivity contribution in [3.05, 3.63) is 48.7 Å². The molecule has 0 aromatic heterocycles. The Hall–Kier alpha value is -0.206. The Bertz CT molecular complexity index is 441. The van der Waals surface area contributed by atoms with Gasteiger partial charge in [0.05, 0.1) is 0 Å². The molecule has 2 fully saturated rings. The predicted molar refractivity (Wildman–Crippen MR) is 71.4 cm³/mol. The Kier molecular flexibility index (Phi) is 4.84. The van der Waals surface area contributed by atoms with Gasteiger partial charge >= 0.3 is 0 Å². The van der Waals surface area contributed by atoms with E-state index < -0.39 is 0 Å². The maximum Gasteiger partial charge on any atom is 0.196 e. The Labute approximate surface area is 140 Å². The Morgan fingerprint density at radius 3 is 2.53 bits per heavy atom. The molecule has 1 aromatic carbocycles. The number of carbonyl (C=O) groups excluding carboxylic acids is 1. The molecule has 3 heteroatoms. The zero-order chi connectivity index (χ0) is 12.6. The minimum absolute atomic E-state index is 0. The Morgan fingerprint density at radius 1 is 1.26 bits per heavy atom. The van der Waals surface area contributed by atoms with Crippen LogP contribution in [0.4, 0.5) is 0 Å². The van der Waals surface area contributed by atoms with Gasteiger partial charge in [-0.3, -0.25) is 10.7 Å². The Balaban J connectivity index is 0.00000133. The first-order chi connectivity index (χ1) is 8.76. The summed E-state index contributed by atoms with van der Waals surface area (Å²) in [5.41, 5.74) is 1.16. The van der Waals surface area contributed by atoms with E-state index in [0.29, 0.717) is 5.91 Å². The smallest absolute Gasteiger partial charge is 0.196 e. The van der Waals surface area contributed by atoms with Gasteiger partial charge in [-0.15, -0.1) is 0 Å². The van der Waals surface area contributed by atoms with Crippen molar-refractivity contribution in [2.24, 2.45) is 5.41 Å². The van der Waals surface area contributed by atoms with Crippen molar-refractivity contribution in [3.8, 4) is 0 Å². The summed E-state index contributed by atoms with van der Waals surface area (Å²) in [4.78, 5) is 14.5. The first kappa shape index (κ1) is 15.2. The molecule has 0 unspecified atom stereocenters. The fourth-order valence-electron chi connectivity index (χ4n) is 3.06. The first-order valence-corrected chi connectivity index (χ1v) is 6.74. The van der Waals surface area contributed by atoms with Crippen LogP contribution in [0.5, 0.6) is 0 Å². The van der Waals surface area contributed by atoms with E-state index in [0.717, 1.165) is 38.8 Å². The van der Waals surface area contributed by atoms with Crippen molar-refractivity contribution in [1.82, 2.24) is 4.90 Å². The van der Waals surface area contributed by atoms with Gasteiger partial charge in [0.25, 0.3) is 0 Å². The quantitative estimate of drug-likeness (QED) is 0.777. The molecule has 3 rings (SSSR count). The van der Waals surface area contributed by atoms with E-state index in [1.54, 1.807) is 0 Å². The molecule has 99 valence electrons. The SMILES string of the molecule is [CH2-]CC[C-]1CN(Cc2ccccc2)C(=O)C12CC2.[Y]. The monoisotopic (exact) mass is 330 g/mol. The first-order valence-electron chi connectivity index (χ1n) is 6.74. The number of rotatable bonds is 4. The van der Waals surface area contributed by atoms with Gasteiger partial charge in [-0.25, -0.2) is 12.8 Å². The second-order valence-electron chi connectivity index (χ2n) is 5.44. The normalized spacial score (nSPS) is 20.7. The molecule has 2 nitrogen and oxygen atoms in total. The maximum absolute atomic E-state index is 12.5. The van der Waals surface area contributed by atoms with E-state index in [1.165, 1.54) is 11.5 Å². The van der Waals surface area contributed by atoms with Crippen molar-refractivity contribution in [2.75, 3.05) is 6.54 Å². The van der Waals surface area contributed by atoms with Gasteiger partial charge in [0.2, 0.25) is 0 Å². The van der Waals surface area contributed by atoms with E-state index in [9.17, 15) is 4.79 Å². The van der Waals surface area contributed by atoms with Gasteiger partial charge in [-0.1, -0.05) is 55.1 Å². The molecule has 1 saturated heterocycles. The zero-order valence-corrected chi connectivity index (χ0v) is 14.1. The number of hydrogen-bond donors (Lipinski definition) is 0. The van der Waals surface area contributed by atoms with Crippen LogP contribution < -0.4 is 0 Å². The third kappa shape index (κ3) is 2.80. The second kappa shape index (κ2) is 6.05. The van der Waals surface area contributed by atoms with Gasteiger partial charge < -0.3 is 11.8 Å². The van der Waals surface area contributed by atoms with E-state index in [1.807, 2.05) is 23.1 Å². The summed E-state index contributed by atoms with van der Waals surface area (Å²) in [5, 5.41) is 0. The average molecular weight is 330 g/mol. The van der Waals surface area contributed by atoms with Crippen LogP contribution in [0.3, 0.4) is 0 Å². The molecule has 0 bridgehead atoms. The number of amides is 1. The number of benzene rings is 1. The van der Waals surface area contributed by atoms with Crippen LogP contribution in [0.2, 0.25) is 0 Å². The van der Waals surface area contributed by atoms with Gasteiger partial charge in [-0.05, 0) is 5.56 Å². The van der Waals surface area contributed by atoms with Crippen LogP contribution in [0.25, 0.3) is 0 Å². The molecule has 1 radical (unpaired) electrons. The van der Waals surface area contributed by atoms with Crippen LogP contribution in [0, 0.1) is 18.3 Å². The summed E-state index contributed by atoms with van der Waals surface area (Å²) >= 11 is 0.